The highest BCUT2D eigenvalue weighted by molar-refractivity contribution is 6.08. The van der Waals surface area contributed by atoms with Crippen molar-refractivity contribution < 1.29 is 0 Å². The molecule has 0 bridgehead atoms. The predicted octanol–water partition coefficient (Wildman–Crippen LogP) is 10.6. The maximum absolute atomic E-state index is 5.16. The van der Waals surface area contributed by atoms with E-state index in [2.05, 4.69) is 135 Å². The van der Waals surface area contributed by atoms with E-state index < -0.39 is 0 Å². The zero-order valence-electron chi connectivity index (χ0n) is 25.1. The van der Waals surface area contributed by atoms with Gasteiger partial charge < -0.3 is 0 Å². The second kappa shape index (κ2) is 9.67. The van der Waals surface area contributed by atoms with Crippen molar-refractivity contribution in [1.29, 1.82) is 0 Å². The highest BCUT2D eigenvalue weighted by Crippen LogP contribution is 2.50. The third-order valence-electron chi connectivity index (χ3n) is 9.49. The number of aromatic nitrogens is 3. The van der Waals surface area contributed by atoms with Gasteiger partial charge in [-0.3, -0.25) is 0 Å². The largest absolute Gasteiger partial charge is 0.208 e. The number of hydrogen-bond donors (Lipinski definition) is 0. The van der Waals surface area contributed by atoms with Gasteiger partial charge in [0.2, 0.25) is 0 Å². The molecule has 7 aromatic carbocycles. The minimum absolute atomic E-state index is 0.0572. The molecule has 0 aliphatic heterocycles. The molecule has 1 aliphatic rings. The van der Waals surface area contributed by atoms with Crippen molar-refractivity contribution in [2.75, 3.05) is 0 Å². The van der Waals surface area contributed by atoms with Crippen molar-refractivity contribution in [2.24, 2.45) is 0 Å². The van der Waals surface area contributed by atoms with Crippen molar-refractivity contribution in [1.82, 2.24) is 15.0 Å². The van der Waals surface area contributed by atoms with Crippen molar-refractivity contribution in [3.63, 3.8) is 0 Å². The molecule has 0 unspecified atom stereocenters. The number of hydrogen-bond acceptors (Lipinski definition) is 3. The molecule has 212 valence electrons. The molecule has 8 aromatic rings. The molecule has 0 saturated heterocycles. The molecule has 3 nitrogen and oxygen atoms in total. The lowest BCUT2D eigenvalue weighted by Gasteiger charge is -2.21. The maximum Gasteiger partial charge on any atom is 0.164 e. The van der Waals surface area contributed by atoms with Crippen molar-refractivity contribution >= 4 is 32.3 Å². The molecule has 9 rings (SSSR count). The highest BCUT2D eigenvalue weighted by Gasteiger charge is 2.35. The molecular formula is C42H29N3. The second-order valence-electron chi connectivity index (χ2n) is 12.5. The Kier molecular flexibility index (Phi) is 5.54. The fourth-order valence-corrected chi connectivity index (χ4v) is 7.16. The van der Waals surface area contributed by atoms with E-state index in [4.69, 9.17) is 15.0 Å². The molecule has 0 radical (unpaired) electrons. The Labute approximate surface area is 261 Å². The van der Waals surface area contributed by atoms with Gasteiger partial charge in [-0.2, -0.15) is 0 Å². The van der Waals surface area contributed by atoms with Gasteiger partial charge in [-0.15, -0.1) is 0 Å². The van der Waals surface area contributed by atoms with E-state index in [0.29, 0.717) is 17.5 Å². The van der Waals surface area contributed by atoms with E-state index in [-0.39, 0.29) is 5.41 Å². The summed E-state index contributed by atoms with van der Waals surface area (Å²) in [5.74, 6) is 2.01. The van der Waals surface area contributed by atoms with Crippen LogP contribution < -0.4 is 0 Å². The molecule has 0 N–H and O–H groups in total. The molecule has 1 aliphatic carbocycles. The average molecular weight is 576 g/mol. The van der Waals surface area contributed by atoms with Crippen LogP contribution in [0.2, 0.25) is 0 Å². The third kappa shape index (κ3) is 4.01. The van der Waals surface area contributed by atoms with Crippen LogP contribution in [0.4, 0.5) is 0 Å². The monoisotopic (exact) mass is 575 g/mol. The van der Waals surface area contributed by atoms with Crippen LogP contribution in [0.3, 0.4) is 0 Å². The number of fused-ring (bicyclic) bond motifs is 7. The van der Waals surface area contributed by atoms with Crippen molar-refractivity contribution in [3.8, 4) is 45.3 Å². The molecule has 45 heavy (non-hydrogen) atoms. The van der Waals surface area contributed by atoms with Crippen LogP contribution >= 0.6 is 0 Å². The normalized spacial score (nSPS) is 13.3. The SMILES string of the molecule is CC1(C)c2ccccc2-c2cc3c(-c4nc(-c5ccccc5)nc(-c5ccc6c(ccc7ccccc76)c5)n4)cccc3cc21. The zero-order valence-corrected chi connectivity index (χ0v) is 25.1. The van der Waals surface area contributed by atoms with E-state index in [0.717, 1.165) is 27.5 Å². The summed E-state index contributed by atoms with van der Waals surface area (Å²) in [4.78, 5) is 15.3. The van der Waals surface area contributed by atoms with E-state index in [1.54, 1.807) is 0 Å². The first-order chi connectivity index (χ1) is 22.0. The van der Waals surface area contributed by atoms with Gasteiger partial charge in [-0.1, -0.05) is 135 Å². The van der Waals surface area contributed by atoms with Crippen LogP contribution in [0.5, 0.6) is 0 Å². The lowest BCUT2D eigenvalue weighted by Crippen LogP contribution is -2.14. The van der Waals surface area contributed by atoms with Crippen LogP contribution in [0, 0.1) is 0 Å². The molecule has 0 atom stereocenters. The van der Waals surface area contributed by atoms with E-state index in [1.165, 1.54) is 43.8 Å². The zero-order chi connectivity index (χ0) is 30.1. The summed E-state index contributed by atoms with van der Waals surface area (Å²) >= 11 is 0. The van der Waals surface area contributed by atoms with Gasteiger partial charge in [0.1, 0.15) is 0 Å². The summed E-state index contributed by atoms with van der Waals surface area (Å²) in [5, 5.41) is 7.20. The average Bonchev–Trinajstić information content (AvgIpc) is 3.32. The Morgan fingerprint density at radius 1 is 0.378 bits per heavy atom. The molecule has 0 spiro atoms. The lowest BCUT2D eigenvalue weighted by molar-refractivity contribution is 0.661. The van der Waals surface area contributed by atoms with Crippen molar-refractivity contribution in [2.45, 2.75) is 19.3 Å². The Morgan fingerprint density at radius 2 is 1.02 bits per heavy atom. The van der Waals surface area contributed by atoms with Gasteiger partial charge >= 0.3 is 0 Å². The van der Waals surface area contributed by atoms with Crippen molar-refractivity contribution in [3.05, 3.63) is 151 Å². The predicted molar refractivity (Wildman–Crippen MR) is 186 cm³/mol. The first-order valence-electron chi connectivity index (χ1n) is 15.5. The molecular weight excluding hydrogens is 546 g/mol. The first kappa shape index (κ1) is 25.8. The maximum atomic E-state index is 5.16. The van der Waals surface area contributed by atoms with Crippen LogP contribution in [-0.2, 0) is 5.41 Å². The fourth-order valence-electron chi connectivity index (χ4n) is 7.16. The summed E-state index contributed by atoms with van der Waals surface area (Å²) in [6.07, 6.45) is 0. The summed E-state index contributed by atoms with van der Waals surface area (Å²) in [6, 6.07) is 49.6. The summed E-state index contributed by atoms with van der Waals surface area (Å²) in [5.41, 5.74) is 8.20. The van der Waals surface area contributed by atoms with E-state index >= 15 is 0 Å². The fraction of sp³-hybridized carbons (Fsp3) is 0.0714. The quantitative estimate of drug-likeness (QED) is 0.197. The third-order valence-corrected chi connectivity index (χ3v) is 9.49. The first-order valence-corrected chi connectivity index (χ1v) is 15.5. The molecule has 0 fully saturated rings. The number of nitrogens with zero attached hydrogens (tertiary/aromatic N) is 3. The molecule has 1 aromatic heterocycles. The Morgan fingerprint density at radius 3 is 1.91 bits per heavy atom. The Bertz CT molecular complexity index is 2460. The standard InChI is InChI=1S/C42H29N3/c1-42(2)37-18-9-8-16-33(37)36-25-35-28(24-38(36)42)14-10-17-34(35)41-44-39(27-12-4-3-5-13-27)43-40(45-41)30-21-22-32-29(23-30)20-19-26-11-6-7-15-31(26)32/h3-25H,1-2H3. The van der Waals surface area contributed by atoms with E-state index in [9.17, 15) is 0 Å². The number of benzene rings is 7. The summed E-state index contributed by atoms with van der Waals surface area (Å²) in [7, 11) is 0. The van der Waals surface area contributed by atoms with Gasteiger partial charge in [0.15, 0.2) is 17.5 Å². The van der Waals surface area contributed by atoms with Gasteiger partial charge in [0, 0.05) is 22.1 Å². The van der Waals surface area contributed by atoms with Crippen LogP contribution in [0.15, 0.2) is 140 Å². The van der Waals surface area contributed by atoms with E-state index in [1.807, 2.05) is 18.2 Å². The highest BCUT2D eigenvalue weighted by atomic mass is 15.0. The molecule has 0 saturated carbocycles. The Hall–Kier alpha value is -5.67. The second-order valence-corrected chi connectivity index (χ2v) is 12.5. The molecule has 1 heterocycles. The summed E-state index contributed by atoms with van der Waals surface area (Å²) in [6.45, 7) is 4.65. The smallest absolute Gasteiger partial charge is 0.164 e. The topological polar surface area (TPSA) is 38.7 Å². The van der Waals surface area contributed by atoms with Gasteiger partial charge in [-0.05, 0) is 72.8 Å². The molecule has 3 heteroatoms. The minimum atomic E-state index is -0.0572. The Balaban J connectivity index is 1.27. The molecule has 0 amide bonds. The van der Waals surface area contributed by atoms with Gasteiger partial charge in [-0.25, -0.2) is 15.0 Å². The van der Waals surface area contributed by atoms with Gasteiger partial charge in [0.25, 0.3) is 0 Å². The number of rotatable bonds is 3. The minimum Gasteiger partial charge on any atom is -0.208 e. The van der Waals surface area contributed by atoms with Gasteiger partial charge in [0.05, 0.1) is 0 Å². The lowest BCUT2D eigenvalue weighted by atomic mass is 9.82. The van der Waals surface area contributed by atoms with Crippen LogP contribution in [0.1, 0.15) is 25.0 Å². The van der Waals surface area contributed by atoms with Crippen LogP contribution in [-0.4, -0.2) is 15.0 Å². The summed E-state index contributed by atoms with van der Waals surface area (Å²) < 4.78 is 0. The van der Waals surface area contributed by atoms with Crippen LogP contribution in [0.25, 0.3) is 77.6 Å².